The van der Waals surface area contributed by atoms with Gasteiger partial charge in [-0.25, -0.2) is 4.98 Å². The normalized spacial score (nSPS) is 12.1. The molecule has 0 aliphatic carbocycles. The molecule has 0 atom stereocenters. The molecule has 0 bridgehead atoms. The Labute approximate surface area is 422 Å². The molecule has 11 aromatic carbocycles. The Bertz CT molecular complexity index is 4470. The van der Waals surface area contributed by atoms with Gasteiger partial charge in [-0.1, -0.05) is 200 Å². The molecule has 0 saturated carbocycles. The molecule has 0 spiro atoms. The van der Waals surface area contributed by atoms with Crippen molar-refractivity contribution in [3.8, 4) is 28.2 Å². The number of nitrogens with zero attached hydrogens (tertiary/aromatic N) is 5. The number of imidazole rings is 2. The molecule has 0 aliphatic rings. The molecule has 342 valence electrons. The van der Waals surface area contributed by atoms with Crippen molar-refractivity contribution >= 4 is 100 Å². The van der Waals surface area contributed by atoms with Crippen molar-refractivity contribution in [3.05, 3.63) is 273 Å². The lowest BCUT2D eigenvalue weighted by Gasteiger charge is -2.35. The topological polar surface area (TPSA) is 32.1 Å². The number of hydrogen-bond acceptors (Lipinski definition) is 1. The van der Waals surface area contributed by atoms with Crippen LogP contribution in [0, 0.1) is 0 Å². The molecular weight excluding hydrogens is 903 g/mol. The van der Waals surface area contributed by atoms with E-state index in [0.717, 1.165) is 67.1 Å². The van der Waals surface area contributed by atoms with Crippen molar-refractivity contribution in [1.29, 1.82) is 0 Å². The molecule has 4 aromatic heterocycles. The van der Waals surface area contributed by atoms with E-state index in [2.05, 4.69) is 291 Å². The third-order valence-electron chi connectivity index (χ3n) is 15.3. The lowest BCUT2D eigenvalue weighted by atomic mass is 10.0. The molecule has 0 saturated heterocycles. The second-order valence-corrected chi connectivity index (χ2v) is 22.9. The zero-order valence-corrected chi connectivity index (χ0v) is 40.7. The average molecular weight is 948 g/mol. The predicted octanol–water partition coefficient (Wildman–Crippen LogP) is 13.7. The Hall–Kier alpha value is -9.49. The van der Waals surface area contributed by atoms with Crippen LogP contribution >= 0.6 is 0 Å². The van der Waals surface area contributed by atoms with Gasteiger partial charge in [0.15, 0.2) is 8.07 Å². The fraction of sp³-hybridized carbons (Fsp3) is 0. The first-order valence-electron chi connectivity index (χ1n) is 25.1. The summed E-state index contributed by atoms with van der Waals surface area (Å²) in [5.74, 6) is 0.895. The molecule has 0 radical (unpaired) electrons. The first-order valence-corrected chi connectivity index (χ1v) is 27.1. The van der Waals surface area contributed by atoms with Crippen molar-refractivity contribution in [1.82, 2.24) is 23.1 Å². The first-order chi connectivity index (χ1) is 36.3. The van der Waals surface area contributed by atoms with E-state index in [4.69, 9.17) is 4.98 Å². The van der Waals surface area contributed by atoms with Gasteiger partial charge in [-0.2, -0.15) is 0 Å². The lowest BCUT2D eigenvalue weighted by Crippen LogP contribution is -2.74. The molecular formula is C67H45N5Si. The van der Waals surface area contributed by atoms with Crippen LogP contribution in [0.2, 0.25) is 0 Å². The third kappa shape index (κ3) is 6.05. The second-order valence-electron chi connectivity index (χ2n) is 19.1. The van der Waals surface area contributed by atoms with Crippen molar-refractivity contribution in [2.75, 3.05) is 0 Å². The van der Waals surface area contributed by atoms with Crippen molar-refractivity contribution in [2.45, 2.75) is 0 Å². The number of aromatic nitrogens is 5. The fourth-order valence-electron chi connectivity index (χ4n) is 12.3. The summed E-state index contributed by atoms with van der Waals surface area (Å²) in [5.41, 5.74) is 14.5. The van der Waals surface area contributed by atoms with Crippen LogP contribution in [0.5, 0.6) is 0 Å². The maximum absolute atomic E-state index is 5.27. The maximum Gasteiger partial charge on any atom is 0.220 e. The molecule has 0 fully saturated rings. The minimum absolute atomic E-state index is 0.895. The number of benzene rings is 11. The SMILES string of the molecule is c1ccc([Si](c2ccccc2)(c2ccccc2)c2ccc(-c3ccccc3-n3c4ccccc4c4ccccc43)c(-n3c4ccccc4c4cc(-n5c6ccccc6n6c7ccccc7nc56)ccc43)c2)cc1. The monoisotopic (exact) mass is 947 g/mol. The van der Waals surface area contributed by atoms with Crippen molar-refractivity contribution < 1.29 is 0 Å². The number of para-hydroxylation sites is 8. The highest BCUT2D eigenvalue weighted by Gasteiger charge is 2.42. The van der Waals surface area contributed by atoms with Gasteiger partial charge in [-0.15, -0.1) is 0 Å². The molecule has 73 heavy (non-hydrogen) atoms. The summed E-state index contributed by atoms with van der Waals surface area (Å²) in [6.07, 6.45) is 0. The highest BCUT2D eigenvalue weighted by Crippen LogP contribution is 2.42. The van der Waals surface area contributed by atoms with Gasteiger partial charge in [-0.3, -0.25) is 8.97 Å². The number of fused-ring (bicyclic) bond motifs is 11. The van der Waals surface area contributed by atoms with Crippen LogP contribution in [0.3, 0.4) is 0 Å². The van der Waals surface area contributed by atoms with Crippen LogP contribution < -0.4 is 20.7 Å². The summed E-state index contributed by atoms with van der Waals surface area (Å²) >= 11 is 0. The van der Waals surface area contributed by atoms with Gasteiger partial charge in [0, 0.05) is 38.4 Å². The van der Waals surface area contributed by atoms with E-state index in [-0.39, 0.29) is 0 Å². The van der Waals surface area contributed by atoms with Crippen LogP contribution in [0.15, 0.2) is 273 Å². The zero-order chi connectivity index (χ0) is 48.0. The average Bonchev–Trinajstić information content (AvgIpc) is 4.20. The highest BCUT2D eigenvalue weighted by atomic mass is 28.3. The minimum Gasteiger partial charge on any atom is -0.309 e. The highest BCUT2D eigenvalue weighted by molar-refractivity contribution is 7.19. The molecule has 0 aliphatic heterocycles. The first kappa shape index (κ1) is 41.3. The van der Waals surface area contributed by atoms with E-state index in [1.807, 2.05) is 0 Å². The van der Waals surface area contributed by atoms with Crippen LogP contribution in [0.1, 0.15) is 0 Å². The van der Waals surface area contributed by atoms with Gasteiger partial charge in [0.2, 0.25) is 5.78 Å². The van der Waals surface area contributed by atoms with Crippen LogP contribution in [-0.4, -0.2) is 31.2 Å². The van der Waals surface area contributed by atoms with E-state index in [0.29, 0.717) is 0 Å². The molecule has 15 aromatic rings. The summed E-state index contributed by atoms with van der Waals surface area (Å²) in [6, 6.07) is 101. The smallest absolute Gasteiger partial charge is 0.220 e. The zero-order valence-electron chi connectivity index (χ0n) is 39.7. The minimum atomic E-state index is -2.98. The quantitative estimate of drug-likeness (QED) is 0.110. The summed E-state index contributed by atoms with van der Waals surface area (Å²) in [7, 11) is -2.98. The molecule has 5 nitrogen and oxygen atoms in total. The molecule has 0 amide bonds. The molecule has 6 heteroatoms. The summed E-state index contributed by atoms with van der Waals surface area (Å²) in [6.45, 7) is 0. The Kier molecular flexibility index (Phi) is 9.21. The van der Waals surface area contributed by atoms with E-state index < -0.39 is 8.07 Å². The largest absolute Gasteiger partial charge is 0.309 e. The van der Waals surface area contributed by atoms with E-state index >= 15 is 0 Å². The van der Waals surface area contributed by atoms with Gasteiger partial charge in [-0.05, 0) is 93.5 Å². The fourth-order valence-corrected chi connectivity index (χ4v) is 17.0. The molecule has 4 heterocycles. The number of rotatable bonds is 8. The summed E-state index contributed by atoms with van der Waals surface area (Å²) in [5, 5.41) is 10.1. The van der Waals surface area contributed by atoms with Gasteiger partial charge in [0.1, 0.15) is 0 Å². The van der Waals surface area contributed by atoms with Crippen molar-refractivity contribution in [3.63, 3.8) is 0 Å². The van der Waals surface area contributed by atoms with Gasteiger partial charge >= 0.3 is 0 Å². The number of hydrogen-bond donors (Lipinski definition) is 0. The Morgan fingerprint density at radius 1 is 0.274 bits per heavy atom. The Morgan fingerprint density at radius 3 is 1.34 bits per heavy atom. The summed E-state index contributed by atoms with van der Waals surface area (Å²) in [4.78, 5) is 5.27. The van der Waals surface area contributed by atoms with Crippen LogP contribution in [0.25, 0.3) is 99.6 Å². The standard InChI is InChI=1S/C67H45N5Si/c1-4-22-47(23-5-1)73(48-24-6-2-7-25-48,49-26-8-3-9-27-49)50-41-42-55(53-30-12-17-35-60(53)70-58-33-15-10-28-51(58)52-29-11-16-34-59(52)70)66(45-50)71-61-36-18-13-31-54(61)56-44-46(40-43-62(56)71)69-64-38-20-21-39-65(64)72-63-37-19-14-32-57(63)68-67(69)72/h1-45H. The third-order valence-corrected chi connectivity index (χ3v) is 20.1. The van der Waals surface area contributed by atoms with Gasteiger partial charge in [0.05, 0.1) is 55.5 Å². The van der Waals surface area contributed by atoms with Crippen LogP contribution in [-0.2, 0) is 0 Å². The summed E-state index contributed by atoms with van der Waals surface area (Å²) < 4.78 is 9.64. The Morgan fingerprint density at radius 2 is 0.726 bits per heavy atom. The molecule has 0 N–H and O–H groups in total. The van der Waals surface area contributed by atoms with E-state index in [9.17, 15) is 0 Å². The Balaban J connectivity index is 1.06. The maximum atomic E-state index is 5.27. The van der Waals surface area contributed by atoms with Crippen molar-refractivity contribution in [2.24, 2.45) is 0 Å². The second kappa shape index (κ2) is 16.3. The van der Waals surface area contributed by atoms with E-state index in [1.165, 1.54) is 53.3 Å². The van der Waals surface area contributed by atoms with E-state index in [1.54, 1.807) is 0 Å². The lowest BCUT2D eigenvalue weighted by molar-refractivity contribution is 1.11. The molecule has 0 unspecified atom stereocenters. The molecule has 15 rings (SSSR count). The van der Waals surface area contributed by atoms with Gasteiger partial charge in [0.25, 0.3) is 0 Å². The van der Waals surface area contributed by atoms with Gasteiger partial charge < -0.3 is 9.13 Å². The van der Waals surface area contributed by atoms with Crippen LogP contribution in [0.4, 0.5) is 0 Å². The predicted molar refractivity (Wildman–Crippen MR) is 307 cm³/mol.